The third-order valence-corrected chi connectivity index (χ3v) is 7.36. The fraction of sp³-hybridized carbons (Fsp3) is 0.207. The minimum absolute atomic E-state index is 0.0400. The number of aromatic nitrogens is 1. The Bertz CT molecular complexity index is 1570. The van der Waals surface area contributed by atoms with Gasteiger partial charge in [0.2, 0.25) is 0 Å². The van der Waals surface area contributed by atoms with Gasteiger partial charge in [-0.05, 0) is 73.5 Å². The van der Waals surface area contributed by atoms with Gasteiger partial charge < -0.3 is 19.3 Å². The second-order valence-electron chi connectivity index (χ2n) is 8.71. The van der Waals surface area contributed by atoms with Crippen LogP contribution in [-0.4, -0.2) is 42.6 Å². The molecule has 9 heteroatoms. The third-order valence-electron chi connectivity index (χ3n) is 6.35. The minimum atomic E-state index is -0.942. The number of hydrogen-bond acceptors (Lipinski definition) is 8. The van der Waals surface area contributed by atoms with E-state index in [9.17, 15) is 14.7 Å². The molecular weight excluding hydrogens is 504 g/mol. The van der Waals surface area contributed by atoms with E-state index in [1.165, 1.54) is 30.5 Å². The predicted octanol–water partition coefficient (Wildman–Crippen LogP) is 5.65. The van der Waals surface area contributed by atoms with E-state index < -0.39 is 17.7 Å². The molecule has 1 aliphatic heterocycles. The van der Waals surface area contributed by atoms with E-state index in [0.29, 0.717) is 40.1 Å². The maximum Gasteiger partial charge on any atom is 0.301 e. The van der Waals surface area contributed by atoms with Crippen molar-refractivity contribution in [2.75, 3.05) is 25.7 Å². The van der Waals surface area contributed by atoms with Crippen molar-refractivity contribution in [2.45, 2.75) is 19.9 Å². The lowest BCUT2D eigenvalue weighted by atomic mass is 9.95. The second-order valence-corrected chi connectivity index (χ2v) is 9.72. The van der Waals surface area contributed by atoms with Crippen LogP contribution in [0.3, 0.4) is 0 Å². The number of aliphatic hydroxyl groups excluding tert-OH is 1. The molecule has 0 bridgehead atoms. The Labute approximate surface area is 223 Å². The van der Waals surface area contributed by atoms with Gasteiger partial charge >= 0.3 is 5.91 Å². The summed E-state index contributed by atoms with van der Waals surface area (Å²) in [5, 5.41) is 11.8. The van der Waals surface area contributed by atoms with E-state index in [1.54, 1.807) is 42.5 Å². The van der Waals surface area contributed by atoms with Gasteiger partial charge in [-0.15, -0.1) is 0 Å². The lowest BCUT2D eigenvalue weighted by Crippen LogP contribution is -2.29. The van der Waals surface area contributed by atoms with Crippen LogP contribution in [0.15, 0.2) is 66.2 Å². The molecule has 1 aromatic heterocycles. The number of nitrogens with zero attached hydrogens (tertiary/aromatic N) is 2. The first kappa shape index (κ1) is 25.3. The second kappa shape index (κ2) is 10.2. The maximum atomic E-state index is 13.5. The SMILES string of the molecule is CCOc1ccc(/C(O)=C2\C(=O)C(=O)N(c3nc4ccc(C)cc4s3)[C@H]2c2ccc(OC)c(OC)c2)cc1. The lowest BCUT2D eigenvalue weighted by Gasteiger charge is -2.23. The predicted molar refractivity (Wildman–Crippen MR) is 146 cm³/mol. The van der Waals surface area contributed by atoms with Crippen LogP contribution in [-0.2, 0) is 9.59 Å². The van der Waals surface area contributed by atoms with Crippen LogP contribution < -0.4 is 19.1 Å². The minimum Gasteiger partial charge on any atom is -0.507 e. The van der Waals surface area contributed by atoms with Gasteiger partial charge in [0.1, 0.15) is 11.5 Å². The fourth-order valence-corrected chi connectivity index (χ4v) is 5.61. The van der Waals surface area contributed by atoms with E-state index in [2.05, 4.69) is 4.98 Å². The summed E-state index contributed by atoms with van der Waals surface area (Å²) in [6, 6.07) is 16.7. The van der Waals surface area contributed by atoms with Crippen molar-refractivity contribution in [3.05, 3.63) is 82.9 Å². The van der Waals surface area contributed by atoms with Crippen LogP contribution in [0, 0.1) is 6.92 Å². The molecule has 38 heavy (non-hydrogen) atoms. The van der Waals surface area contributed by atoms with Crippen molar-refractivity contribution < 1.29 is 28.9 Å². The van der Waals surface area contributed by atoms with Crippen LogP contribution in [0.4, 0.5) is 5.13 Å². The average molecular weight is 531 g/mol. The lowest BCUT2D eigenvalue weighted by molar-refractivity contribution is -0.132. The zero-order chi connectivity index (χ0) is 27.0. The van der Waals surface area contributed by atoms with Crippen molar-refractivity contribution in [1.29, 1.82) is 0 Å². The summed E-state index contributed by atoms with van der Waals surface area (Å²) in [5.41, 5.74) is 2.68. The molecule has 194 valence electrons. The molecule has 1 amide bonds. The van der Waals surface area contributed by atoms with Crippen LogP contribution in [0.1, 0.15) is 29.7 Å². The van der Waals surface area contributed by atoms with Gasteiger partial charge in [0.25, 0.3) is 5.78 Å². The molecule has 1 atom stereocenters. The number of benzene rings is 3. The summed E-state index contributed by atoms with van der Waals surface area (Å²) >= 11 is 1.31. The summed E-state index contributed by atoms with van der Waals surface area (Å²) in [4.78, 5) is 33.0. The van der Waals surface area contributed by atoms with Gasteiger partial charge in [-0.1, -0.05) is 23.5 Å². The number of aryl methyl sites for hydroxylation is 1. The molecule has 4 aromatic rings. The molecule has 0 saturated carbocycles. The number of carbonyl (C=O) groups excluding carboxylic acids is 2. The van der Waals surface area contributed by atoms with E-state index >= 15 is 0 Å². The number of Topliss-reactive ketones (excluding diaryl/α,β-unsaturated/α-hetero) is 1. The third kappa shape index (κ3) is 4.35. The Morgan fingerprint density at radius 3 is 2.42 bits per heavy atom. The zero-order valence-corrected chi connectivity index (χ0v) is 22.2. The number of ketones is 1. The largest absolute Gasteiger partial charge is 0.507 e. The number of ether oxygens (including phenoxy) is 3. The highest BCUT2D eigenvalue weighted by atomic mass is 32.1. The van der Waals surface area contributed by atoms with Crippen LogP contribution >= 0.6 is 11.3 Å². The highest BCUT2D eigenvalue weighted by molar-refractivity contribution is 7.22. The quantitative estimate of drug-likeness (QED) is 0.187. The van der Waals surface area contributed by atoms with Gasteiger partial charge in [-0.3, -0.25) is 14.5 Å². The van der Waals surface area contributed by atoms with Gasteiger partial charge in [0, 0.05) is 5.56 Å². The Hall–Kier alpha value is -4.37. The molecule has 8 nitrogen and oxygen atoms in total. The molecular formula is C29H26N2O6S. The number of aliphatic hydroxyl groups is 1. The number of methoxy groups -OCH3 is 2. The molecule has 3 aromatic carbocycles. The van der Waals surface area contributed by atoms with Gasteiger partial charge in [-0.2, -0.15) is 0 Å². The molecule has 1 fully saturated rings. The molecule has 1 saturated heterocycles. The Kier molecular flexibility index (Phi) is 6.77. The fourth-order valence-electron chi connectivity index (χ4n) is 4.52. The molecule has 0 aliphatic carbocycles. The first-order valence-electron chi connectivity index (χ1n) is 12.0. The van der Waals surface area contributed by atoms with E-state index in [-0.39, 0.29) is 11.3 Å². The number of rotatable bonds is 7. The zero-order valence-electron chi connectivity index (χ0n) is 21.3. The van der Waals surface area contributed by atoms with E-state index in [4.69, 9.17) is 14.2 Å². The monoisotopic (exact) mass is 530 g/mol. The first-order valence-corrected chi connectivity index (χ1v) is 12.8. The van der Waals surface area contributed by atoms with E-state index in [0.717, 1.165) is 15.8 Å². The van der Waals surface area contributed by atoms with Crippen LogP contribution in [0.5, 0.6) is 17.2 Å². The van der Waals surface area contributed by atoms with Crippen LogP contribution in [0.25, 0.3) is 16.0 Å². The average Bonchev–Trinajstić information content (AvgIpc) is 3.45. The highest BCUT2D eigenvalue weighted by Crippen LogP contribution is 2.46. The molecule has 0 radical (unpaired) electrons. The molecule has 0 spiro atoms. The van der Waals surface area contributed by atoms with Crippen molar-refractivity contribution in [3.8, 4) is 17.2 Å². The number of amides is 1. The molecule has 5 rings (SSSR count). The number of hydrogen-bond donors (Lipinski definition) is 1. The molecule has 2 heterocycles. The van der Waals surface area contributed by atoms with Gasteiger partial charge in [-0.25, -0.2) is 4.98 Å². The topological polar surface area (TPSA) is 98.2 Å². The molecule has 1 N–H and O–H groups in total. The maximum absolute atomic E-state index is 13.5. The Morgan fingerprint density at radius 2 is 1.74 bits per heavy atom. The molecule has 0 unspecified atom stereocenters. The van der Waals surface area contributed by atoms with Crippen molar-refractivity contribution in [1.82, 2.24) is 4.98 Å². The smallest absolute Gasteiger partial charge is 0.301 e. The Morgan fingerprint density at radius 1 is 1.00 bits per heavy atom. The summed E-state index contributed by atoms with van der Waals surface area (Å²) < 4.78 is 17.3. The summed E-state index contributed by atoms with van der Waals surface area (Å²) in [6.45, 7) is 4.35. The summed E-state index contributed by atoms with van der Waals surface area (Å²) in [5.74, 6) is -0.303. The number of fused-ring (bicyclic) bond motifs is 1. The molecule has 1 aliphatic rings. The van der Waals surface area contributed by atoms with Crippen LogP contribution in [0.2, 0.25) is 0 Å². The van der Waals surface area contributed by atoms with Crippen molar-refractivity contribution >= 4 is 44.1 Å². The number of thiazole rings is 1. The number of anilines is 1. The van der Waals surface area contributed by atoms with Gasteiger partial charge in [0.15, 0.2) is 16.6 Å². The highest BCUT2D eigenvalue weighted by Gasteiger charge is 2.48. The first-order chi connectivity index (χ1) is 18.4. The van der Waals surface area contributed by atoms with Gasteiger partial charge in [0.05, 0.1) is 42.7 Å². The summed E-state index contributed by atoms with van der Waals surface area (Å²) in [7, 11) is 3.03. The standard InChI is InChI=1S/C29H26N2O6S/c1-5-37-19-10-7-17(8-11-19)26(32)24-25(18-9-13-21(35-3)22(15-18)36-4)31(28(34)27(24)33)29-30-20-12-6-16(2)14-23(20)38-29/h6-15,25,32H,5H2,1-4H3/b26-24+/t25-/m0/s1. The Balaban J connectivity index is 1.71. The summed E-state index contributed by atoms with van der Waals surface area (Å²) in [6.07, 6.45) is 0. The number of carbonyl (C=O) groups is 2. The normalized spacial score (nSPS) is 16.7. The van der Waals surface area contributed by atoms with E-state index in [1.807, 2.05) is 32.0 Å². The van der Waals surface area contributed by atoms with Crippen molar-refractivity contribution in [2.24, 2.45) is 0 Å². The van der Waals surface area contributed by atoms with Crippen molar-refractivity contribution in [3.63, 3.8) is 0 Å².